The van der Waals surface area contributed by atoms with Crippen LogP contribution in [0.3, 0.4) is 0 Å². The maximum atomic E-state index is 13.0. The Hall–Kier alpha value is -1.75. The van der Waals surface area contributed by atoms with Gasteiger partial charge in [0.05, 0.1) is 12.4 Å². The molecule has 2 aromatic rings. The molecule has 5 heteroatoms. The van der Waals surface area contributed by atoms with Crippen molar-refractivity contribution in [2.24, 2.45) is 0 Å². The summed E-state index contributed by atoms with van der Waals surface area (Å²) >= 11 is 1.94. The van der Waals surface area contributed by atoms with E-state index < -0.39 is 0 Å². The molecule has 2 heterocycles. The Labute approximate surface area is 135 Å². The SMILES string of the molecule is CC1SCCN(C(=O)C(C)n2ccnc2)C1c1ccccc1. The predicted octanol–water partition coefficient (Wildman–Crippen LogP) is 3.15. The van der Waals surface area contributed by atoms with Crippen LogP contribution in [0.4, 0.5) is 0 Å². The summed E-state index contributed by atoms with van der Waals surface area (Å²) in [6.45, 7) is 4.95. The molecule has 4 nitrogen and oxygen atoms in total. The van der Waals surface area contributed by atoms with Crippen LogP contribution in [-0.2, 0) is 4.79 Å². The third-order valence-electron chi connectivity index (χ3n) is 4.25. The molecule has 3 atom stereocenters. The Morgan fingerprint density at radius 3 is 2.82 bits per heavy atom. The molecule has 1 aliphatic heterocycles. The van der Waals surface area contributed by atoms with E-state index >= 15 is 0 Å². The number of hydrogen-bond donors (Lipinski definition) is 0. The van der Waals surface area contributed by atoms with Gasteiger partial charge in [-0.05, 0) is 12.5 Å². The van der Waals surface area contributed by atoms with Crippen LogP contribution in [0.25, 0.3) is 0 Å². The summed E-state index contributed by atoms with van der Waals surface area (Å²) in [5, 5.41) is 0.398. The van der Waals surface area contributed by atoms with E-state index in [9.17, 15) is 4.79 Å². The van der Waals surface area contributed by atoms with Gasteiger partial charge in [-0.3, -0.25) is 4.79 Å². The van der Waals surface area contributed by atoms with E-state index in [0.717, 1.165) is 12.3 Å². The van der Waals surface area contributed by atoms with Gasteiger partial charge in [0.25, 0.3) is 0 Å². The van der Waals surface area contributed by atoms with Gasteiger partial charge in [-0.1, -0.05) is 37.3 Å². The Balaban J connectivity index is 1.88. The fourth-order valence-corrected chi connectivity index (χ4v) is 4.20. The van der Waals surface area contributed by atoms with E-state index in [-0.39, 0.29) is 18.0 Å². The van der Waals surface area contributed by atoms with E-state index in [1.54, 1.807) is 12.5 Å². The topological polar surface area (TPSA) is 38.1 Å². The minimum Gasteiger partial charge on any atom is -0.332 e. The predicted molar refractivity (Wildman–Crippen MR) is 89.8 cm³/mol. The monoisotopic (exact) mass is 315 g/mol. The van der Waals surface area contributed by atoms with Gasteiger partial charge in [-0.15, -0.1) is 0 Å². The number of imidazole rings is 1. The van der Waals surface area contributed by atoms with Crippen molar-refractivity contribution < 1.29 is 4.79 Å². The zero-order chi connectivity index (χ0) is 15.5. The van der Waals surface area contributed by atoms with Gasteiger partial charge in [-0.25, -0.2) is 4.98 Å². The Kier molecular flexibility index (Phi) is 4.52. The summed E-state index contributed by atoms with van der Waals surface area (Å²) in [7, 11) is 0. The minimum atomic E-state index is -0.219. The van der Waals surface area contributed by atoms with Gasteiger partial charge in [0, 0.05) is 29.9 Å². The molecule has 0 saturated carbocycles. The molecule has 3 unspecified atom stereocenters. The van der Waals surface area contributed by atoms with Crippen LogP contribution in [0.5, 0.6) is 0 Å². The maximum absolute atomic E-state index is 13.0. The molecular weight excluding hydrogens is 294 g/mol. The van der Waals surface area contributed by atoms with Crippen LogP contribution in [0, 0.1) is 0 Å². The summed E-state index contributed by atoms with van der Waals surface area (Å²) in [4.78, 5) is 19.1. The number of carbonyl (C=O) groups excluding carboxylic acids is 1. The van der Waals surface area contributed by atoms with Crippen molar-refractivity contribution in [1.29, 1.82) is 0 Å². The van der Waals surface area contributed by atoms with Crippen molar-refractivity contribution in [1.82, 2.24) is 14.5 Å². The fourth-order valence-electron chi connectivity index (χ4n) is 3.04. The lowest BCUT2D eigenvalue weighted by Crippen LogP contribution is -2.46. The first-order valence-electron chi connectivity index (χ1n) is 7.63. The van der Waals surface area contributed by atoms with Crippen LogP contribution in [-0.4, -0.2) is 37.9 Å². The van der Waals surface area contributed by atoms with Gasteiger partial charge in [0.2, 0.25) is 5.91 Å². The molecule has 1 saturated heterocycles. The molecule has 0 N–H and O–H groups in total. The zero-order valence-corrected chi connectivity index (χ0v) is 13.7. The summed E-state index contributed by atoms with van der Waals surface area (Å²) < 4.78 is 1.87. The number of amides is 1. The summed E-state index contributed by atoms with van der Waals surface area (Å²) in [5.74, 6) is 1.16. The van der Waals surface area contributed by atoms with Crippen LogP contribution in [0.1, 0.15) is 31.5 Å². The quantitative estimate of drug-likeness (QED) is 0.873. The second-order valence-electron chi connectivity index (χ2n) is 5.65. The minimum absolute atomic E-state index is 0.137. The first-order chi connectivity index (χ1) is 10.7. The lowest BCUT2D eigenvalue weighted by atomic mass is 10.0. The highest BCUT2D eigenvalue weighted by atomic mass is 32.2. The fraction of sp³-hybridized carbons (Fsp3) is 0.412. The van der Waals surface area contributed by atoms with Gasteiger partial charge >= 0.3 is 0 Å². The Morgan fingerprint density at radius 1 is 1.36 bits per heavy atom. The Bertz CT molecular complexity index is 614. The van der Waals surface area contributed by atoms with E-state index in [4.69, 9.17) is 0 Å². The van der Waals surface area contributed by atoms with Gasteiger partial charge in [-0.2, -0.15) is 11.8 Å². The van der Waals surface area contributed by atoms with E-state index in [2.05, 4.69) is 24.0 Å². The van der Waals surface area contributed by atoms with Crippen LogP contribution < -0.4 is 0 Å². The highest BCUT2D eigenvalue weighted by molar-refractivity contribution is 8.00. The molecule has 0 spiro atoms. The third kappa shape index (κ3) is 2.90. The van der Waals surface area contributed by atoms with E-state index in [1.807, 2.05) is 52.5 Å². The zero-order valence-electron chi connectivity index (χ0n) is 12.9. The lowest BCUT2D eigenvalue weighted by molar-refractivity contribution is -0.136. The summed E-state index contributed by atoms with van der Waals surface area (Å²) in [5.41, 5.74) is 1.22. The van der Waals surface area contributed by atoms with Crippen molar-refractivity contribution in [2.75, 3.05) is 12.3 Å². The second kappa shape index (κ2) is 6.57. The van der Waals surface area contributed by atoms with Crippen LogP contribution in [0.2, 0.25) is 0 Å². The molecule has 3 rings (SSSR count). The van der Waals surface area contributed by atoms with Crippen molar-refractivity contribution in [3.63, 3.8) is 0 Å². The molecule has 1 aromatic carbocycles. The highest BCUT2D eigenvalue weighted by Gasteiger charge is 2.35. The molecule has 1 aliphatic rings. The van der Waals surface area contributed by atoms with Crippen molar-refractivity contribution in [3.8, 4) is 0 Å². The summed E-state index contributed by atoms with van der Waals surface area (Å²) in [6, 6.07) is 10.3. The van der Waals surface area contributed by atoms with Gasteiger partial charge < -0.3 is 9.47 Å². The summed E-state index contributed by atoms with van der Waals surface area (Å²) in [6.07, 6.45) is 5.28. The average Bonchev–Trinajstić information content (AvgIpc) is 3.08. The van der Waals surface area contributed by atoms with Crippen LogP contribution in [0.15, 0.2) is 49.1 Å². The standard InChI is InChI=1S/C17H21N3OS/c1-13(19-9-8-18-12-19)17(21)20-10-11-22-14(2)16(20)15-6-4-3-5-7-15/h3-9,12-14,16H,10-11H2,1-2H3. The van der Waals surface area contributed by atoms with E-state index in [1.165, 1.54) is 5.56 Å². The highest BCUT2D eigenvalue weighted by Crippen LogP contribution is 2.37. The second-order valence-corrected chi connectivity index (χ2v) is 7.13. The molecule has 0 bridgehead atoms. The number of benzene rings is 1. The number of rotatable bonds is 3. The van der Waals surface area contributed by atoms with Crippen LogP contribution >= 0.6 is 11.8 Å². The number of aromatic nitrogens is 2. The maximum Gasteiger partial charge on any atom is 0.245 e. The average molecular weight is 315 g/mol. The number of hydrogen-bond acceptors (Lipinski definition) is 3. The number of carbonyl (C=O) groups is 1. The number of thioether (sulfide) groups is 1. The molecule has 0 radical (unpaired) electrons. The third-order valence-corrected chi connectivity index (χ3v) is 5.45. The molecule has 1 amide bonds. The molecule has 0 aliphatic carbocycles. The molecule has 22 heavy (non-hydrogen) atoms. The van der Waals surface area contributed by atoms with Crippen molar-refractivity contribution in [2.45, 2.75) is 31.2 Å². The number of nitrogens with zero attached hydrogens (tertiary/aromatic N) is 3. The molecule has 1 fully saturated rings. The molecule has 116 valence electrons. The normalized spacial score (nSPS) is 23.3. The Morgan fingerprint density at radius 2 is 2.14 bits per heavy atom. The largest absolute Gasteiger partial charge is 0.332 e. The van der Waals surface area contributed by atoms with Crippen molar-refractivity contribution >= 4 is 17.7 Å². The van der Waals surface area contributed by atoms with E-state index in [0.29, 0.717) is 5.25 Å². The molecule has 1 aromatic heterocycles. The smallest absolute Gasteiger partial charge is 0.245 e. The van der Waals surface area contributed by atoms with Gasteiger partial charge in [0.15, 0.2) is 0 Å². The lowest BCUT2D eigenvalue weighted by Gasteiger charge is -2.41. The first kappa shape index (κ1) is 15.2. The first-order valence-corrected chi connectivity index (χ1v) is 8.68. The van der Waals surface area contributed by atoms with Crippen molar-refractivity contribution in [3.05, 3.63) is 54.6 Å². The van der Waals surface area contributed by atoms with Gasteiger partial charge in [0.1, 0.15) is 6.04 Å². The molecular formula is C17H21N3OS.